The van der Waals surface area contributed by atoms with E-state index in [4.69, 9.17) is 4.74 Å². The molecule has 154 valence electrons. The van der Waals surface area contributed by atoms with Gasteiger partial charge in [0.25, 0.3) is 5.91 Å². The van der Waals surface area contributed by atoms with E-state index >= 15 is 0 Å². The number of rotatable bonds is 8. The summed E-state index contributed by atoms with van der Waals surface area (Å²) in [7, 11) is -3.93. The van der Waals surface area contributed by atoms with Crippen LogP contribution in [0.4, 0.5) is 0 Å². The average Bonchev–Trinajstić information content (AvgIpc) is 2.66. The lowest BCUT2D eigenvalue weighted by molar-refractivity contribution is -0.147. The number of benzene rings is 1. The number of carbonyl (C=O) groups is 3. The maximum Gasteiger partial charge on any atom is 0.321 e. The molecule has 0 aliphatic heterocycles. The number of nitrogens with one attached hydrogen (secondary N) is 2. The first kappa shape index (κ1) is 22.0. The molecule has 1 aromatic rings. The van der Waals surface area contributed by atoms with Crippen molar-refractivity contribution in [3.8, 4) is 0 Å². The van der Waals surface area contributed by atoms with Crippen LogP contribution in [0.2, 0.25) is 0 Å². The van der Waals surface area contributed by atoms with Gasteiger partial charge >= 0.3 is 5.97 Å². The number of ether oxygens (including phenoxy) is 1. The molecule has 0 aromatic heterocycles. The van der Waals surface area contributed by atoms with Crippen LogP contribution in [-0.2, 0) is 24.3 Å². The van der Waals surface area contributed by atoms with Crippen molar-refractivity contribution >= 4 is 27.7 Å². The summed E-state index contributed by atoms with van der Waals surface area (Å²) in [6.07, 6.45) is 4.17. The molecule has 0 radical (unpaired) electrons. The fraction of sp³-hybridized carbons (Fsp3) is 0.526. The summed E-state index contributed by atoms with van der Waals surface area (Å²) in [5, 5.41) is 2.85. The summed E-state index contributed by atoms with van der Waals surface area (Å²) in [4.78, 5) is 34.8. The predicted molar refractivity (Wildman–Crippen MR) is 102 cm³/mol. The molecule has 0 unspecified atom stereocenters. The molecule has 28 heavy (non-hydrogen) atoms. The van der Waals surface area contributed by atoms with Crippen LogP contribution in [0, 0.1) is 5.92 Å². The molecule has 1 aliphatic carbocycles. The van der Waals surface area contributed by atoms with Crippen molar-refractivity contribution < 1.29 is 27.5 Å². The Morgan fingerprint density at radius 1 is 1.11 bits per heavy atom. The van der Waals surface area contributed by atoms with Crippen LogP contribution in [0.25, 0.3) is 0 Å². The topological polar surface area (TPSA) is 119 Å². The monoisotopic (exact) mass is 410 g/mol. The average molecular weight is 410 g/mol. The quantitative estimate of drug-likeness (QED) is 0.494. The molecule has 8 nitrogen and oxygen atoms in total. The molecule has 2 atom stereocenters. The zero-order chi connectivity index (χ0) is 20.7. The minimum atomic E-state index is -3.93. The van der Waals surface area contributed by atoms with Crippen LogP contribution < -0.4 is 10.0 Å². The molecule has 9 heteroatoms. The van der Waals surface area contributed by atoms with Gasteiger partial charge < -0.3 is 10.1 Å². The maximum absolute atomic E-state index is 12.2. The summed E-state index contributed by atoms with van der Waals surface area (Å²) in [5.41, 5.74) is 0.386. The van der Waals surface area contributed by atoms with Gasteiger partial charge in [0.15, 0.2) is 12.4 Å². The van der Waals surface area contributed by atoms with Crippen molar-refractivity contribution in [1.29, 1.82) is 0 Å². The van der Waals surface area contributed by atoms with Gasteiger partial charge in [-0.15, -0.1) is 0 Å². The summed E-state index contributed by atoms with van der Waals surface area (Å²) >= 11 is 0. The van der Waals surface area contributed by atoms with E-state index in [-0.39, 0.29) is 16.7 Å². The van der Waals surface area contributed by atoms with Crippen molar-refractivity contribution in [2.75, 3.05) is 13.2 Å². The van der Waals surface area contributed by atoms with Gasteiger partial charge in [-0.1, -0.05) is 31.9 Å². The Bertz CT molecular complexity index is 819. The minimum Gasteiger partial charge on any atom is -0.455 e. The Hall–Kier alpha value is -2.26. The first-order chi connectivity index (χ1) is 13.2. The van der Waals surface area contributed by atoms with E-state index in [1.165, 1.54) is 31.2 Å². The normalized spacial score (nSPS) is 19.6. The summed E-state index contributed by atoms with van der Waals surface area (Å²) < 4.78 is 31.3. The highest BCUT2D eigenvalue weighted by Crippen LogP contribution is 2.23. The lowest BCUT2D eigenvalue weighted by atomic mass is 9.86. The van der Waals surface area contributed by atoms with Gasteiger partial charge in [0.2, 0.25) is 10.0 Å². The minimum absolute atomic E-state index is 0.0747. The maximum atomic E-state index is 12.2. The molecule has 1 saturated carbocycles. The Balaban J connectivity index is 1.77. The SMILES string of the molecule is CC(=O)c1ccc(S(=O)(=O)NCC(=O)OCC(=O)N[C@H]2CCCC[C@@H]2C)cc1. The van der Waals surface area contributed by atoms with Gasteiger partial charge in [-0.2, -0.15) is 4.72 Å². The number of hydrogen-bond donors (Lipinski definition) is 2. The van der Waals surface area contributed by atoms with Crippen LogP contribution in [0.5, 0.6) is 0 Å². The van der Waals surface area contributed by atoms with Gasteiger partial charge in [0.1, 0.15) is 6.54 Å². The Morgan fingerprint density at radius 2 is 1.75 bits per heavy atom. The van der Waals surface area contributed by atoms with E-state index in [9.17, 15) is 22.8 Å². The van der Waals surface area contributed by atoms with Crippen molar-refractivity contribution in [2.24, 2.45) is 5.92 Å². The second kappa shape index (κ2) is 9.79. The first-order valence-electron chi connectivity index (χ1n) is 9.24. The molecule has 0 heterocycles. The number of amides is 1. The third-order valence-corrected chi connectivity index (χ3v) is 6.22. The van der Waals surface area contributed by atoms with Crippen LogP contribution in [-0.4, -0.2) is 45.3 Å². The van der Waals surface area contributed by atoms with Gasteiger partial charge in [0.05, 0.1) is 4.90 Å². The van der Waals surface area contributed by atoms with Crippen molar-refractivity contribution in [2.45, 2.75) is 50.5 Å². The van der Waals surface area contributed by atoms with E-state index in [1.807, 2.05) is 0 Å². The Kier molecular flexibility index (Phi) is 7.70. The molecule has 2 rings (SSSR count). The first-order valence-corrected chi connectivity index (χ1v) is 10.7. The molecule has 2 N–H and O–H groups in total. The second-order valence-corrected chi connectivity index (χ2v) is 8.77. The van der Waals surface area contributed by atoms with Gasteiger partial charge in [0, 0.05) is 11.6 Å². The van der Waals surface area contributed by atoms with Crippen LogP contribution in [0.3, 0.4) is 0 Å². The number of ketones is 1. The predicted octanol–water partition coefficient (Wildman–Crippen LogP) is 1.41. The molecule has 0 spiro atoms. The zero-order valence-electron chi connectivity index (χ0n) is 16.1. The van der Waals surface area contributed by atoms with E-state index in [1.54, 1.807) is 0 Å². The molecular formula is C19H26N2O6S. The van der Waals surface area contributed by atoms with Gasteiger partial charge in [-0.05, 0) is 37.8 Å². The number of esters is 1. The Labute approximate surface area is 165 Å². The number of sulfonamides is 1. The van der Waals surface area contributed by atoms with Crippen molar-refractivity contribution in [3.63, 3.8) is 0 Å². The summed E-state index contributed by atoms with van der Waals surface area (Å²) in [6, 6.07) is 5.43. The third-order valence-electron chi connectivity index (χ3n) is 4.80. The highest BCUT2D eigenvalue weighted by atomic mass is 32.2. The van der Waals surface area contributed by atoms with Crippen molar-refractivity contribution in [3.05, 3.63) is 29.8 Å². The van der Waals surface area contributed by atoms with Gasteiger partial charge in [-0.25, -0.2) is 8.42 Å². The highest BCUT2D eigenvalue weighted by Gasteiger charge is 2.23. The fourth-order valence-corrected chi connectivity index (χ4v) is 4.05. The molecule has 0 bridgehead atoms. The second-order valence-electron chi connectivity index (χ2n) is 7.00. The highest BCUT2D eigenvalue weighted by molar-refractivity contribution is 7.89. The van der Waals surface area contributed by atoms with E-state index in [0.717, 1.165) is 25.7 Å². The van der Waals surface area contributed by atoms with Crippen LogP contribution >= 0.6 is 0 Å². The van der Waals surface area contributed by atoms with Crippen LogP contribution in [0.15, 0.2) is 29.2 Å². The summed E-state index contributed by atoms with van der Waals surface area (Å²) in [5.74, 6) is -1.04. The van der Waals surface area contributed by atoms with Crippen molar-refractivity contribution in [1.82, 2.24) is 10.0 Å². The van der Waals surface area contributed by atoms with Gasteiger partial charge in [-0.3, -0.25) is 14.4 Å². The molecular weight excluding hydrogens is 384 g/mol. The molecule has 1 aliphatic rings. The fourth-order valence-electron chi connectivity index (χ4n) is 3.08. The van der Waals surface area contributed by atoms with E-state index in [2.05, 4.69) is 17.0 Å². The number of hydrogen-bond acceptors (Lipinski definition) is 6. The zero-order valence-corrected chi connectivity index (χ0v) is 16.9. The van der Waals surface area contributed by atoms with E-state index in [0.29, 0.717) is 11.5 Å². The summed E-state index contributed by atoms with van der Waals surface area (Å²) in [6.45, 7) is 2.41. The molecule has 1 fully saturated rings. The van der Waals surface area contributed by atoms with E-state index < -0.39 is 35.1 Å². The number of Topliss-reactive ketones (excluding diaryl/α,β-unsaturated/α-hetero) is 1. The lowest BCUT2D eigenvalue weighted by Crippen LogP contribution is -2.43. The standard InChI is InChI=1S/C19H26N2O6S/c1-13-5-3-4-6-17(13)21-18(23)12-27-19(24)11-20-28(25,26)16-9-7-15(8-10-16)14(2)22/h7-10,13,17,20H,3-6,11-12H2,1-2H3,(H,21,23)/t13-,17-/m0/s1. The molecule has 1 amide bonds. The Morgan fingerprint density at radius 3 is 2.36 bits per heavy atom. The smallest absolute Gasteiger partial charge is 0.321 e. The van der Waals surface area contributed by atoms with Crippen LogP contribution in [0.1, 0.15) is 49.9 Å². The number of carbonyl (C=O) groups excluding carboxylic acids is 3. The lowest BCUT2D eigenvalue weighted by Gasteiger charge is -2.29. The molecule has 1 aromatic carbocycles. The third kappa shape index (κ3) is 6.42. The largest absolute Gasteiger partial charge is 0.455 e. The molecule has 0 saturated heterocycles.